The average molecular weight is 367 g/mol. The summed E-state index contributed by atoms with van der Waals surface area (Å²) in [6.45, 7) is 2.44. The molecule has 3 aromatic rings. The average Bonchev–Trinajstić information content (AvgIpc) is 3.13. The molecule has 6 heteroatoms. The maximum atomic E-state index is 10.8. The van der Waals surface area contributed by atoms with Crippen LogP contribution >= 0.6 is 0 Å². The Bertz CT molecular complexity index is 873. The minimum absolute atomic E-state index is 0.208. The lowest BCUT2D eigenvalue weighted by molar-refractivity contribution is 0.0613. The minimum atomic E-state index is -0.540. The second kappa shape index (κ2) is 7.98. The Balaban J connectivity index is 1.35. The van der Waals surface area contributed by atoms with Gasteiger partial charge in [0.2, 0.25) is 0 Å². The van der Waals surface area contributed by atoms with Crippen molar-refractivity contribution in [1.29, 1.82) is 0 Å². The largest absolute Gasteiger partial charge is 0.497 e. The molecule has 1 fully saturated rings. The number of hydrogen-bond acceptors (Lipinski definition) is 5. The van der Waals surface area contributed by atoms with Gasteiger partial charge in [0.05, 0.1) is 19.4 Å². The van der Waals surface area contributed by atoms with E-state index >= 15 is 0 Å². The van der Waals surface area contributed by atoms with E-state index in [4.69, 9.17) is 9.47 Å². The number of benzene rings is 1. The van der Waals surface area contributed by atoms with Gasteiger partial charge in [-0.1, -0.05) is 0 Å². The lowest BCUT2D eigenvalue weighted by Crippen LogP contribution is -2.40. The summed E-state index contributed by atoms with van der Waals surface area (Å²) >= 11 is 0. The number of piperidine rings is 1. The Kier molecular flexibility index (Phi) is 5.27. The summed E-state index contributed by atoms with van der Waals surface area (Å²) in [5.74, 6) is 1.62. The molecule has 2 N–H and O–H groups in total. The van der Waals surface area contributed by atoms with Crippen LogP contribution in [0.15, 0.2) is 48.9 Å². The van der Waals surface area contributed by atoms with E-state index in [1.165, 1.54) is 0 Å². The maximum absolute atomic E-state index is 10.8. The highest BCUT2D eigenvalue weighted by Gasteiger charge is 2.24. The molecule has 0 aliphatic carbocycles. The fourth-order valence-corrected chi connectivity index (χ4v) is 3.69. The number of nitrogens with zero attached hydrogens (tertiary/aromatic N) is 2. The third-order valence-corrected chi connectivity index (χ3v) is 5.18. The Morgan fingerprint density at radius 1 is 1.26 bits per heavy atom. The molecule has 142 valence electrons. The van der Waals surface area contributed by atoms with E-state index in [2.05, 4.69) is 14.9 Å². The zero-order chi connectivity index (χ0) is 18.6. The number of nitrogens with one attached hydrogen (secondary N) is 1. The number of β-amino-alcohol motifs (C(OH)–C–C–N with tert-alkyl or cyclic N) is 1. The van der Waals surface area contributed by atoms with E-state index in [0.717, 1.165) is 53.9 Å². The SMILES string of the molecule is COc1ccc2[nH]cc(C(O)CN3CCC(Oc4cccnc4)CC3)c2c1. The van der Waals surface area contributed by atoms with Crippen LogP contribution in [0, 0.1) is 0 Å². The molecule has 1 aromatic carbocycles. The molecule has 4 rings (SSSR count). The van der Waals surface area contributed by atoms with Gasteiger partial charge >= 0.3 is 0 Å². The van der Waals surface area contributed by atoms with Crippen molar-refractivity contribution in [2.24, 2.45) is 0 Å². The van der Waals surface area contributed by atoms with Crippen LogP contribution in [0.5, 0.6) is 11.5 Å². The number of rotatable bonds is 6. The number of pyridine rings is 1. The van der Waals surface area contributed by atoms with Gasteiger partial charge in [0.15, 0.2) is 0 Å². The molecule has 1 aliphatic heterocycles. The summed E-state index contributed by atoms with van der Waals surface area (Å²) in [6, 6.07) is 9.69. The first-order valence-electron chi connectivity index (χ1n) is 9.35. The van der Waals surface area contributed by atoms with Crippen LogP contribution in [0.3, 0.4) is 0 Å². The number of aromatic nitrogens is 2. The molecule has 1 aliphatic rings. The molecule has 27 heavy (non-hydrogen) atoms. The Morgan fingerprint density at radius 3 is 2.85 bits per heavy atom. The van der Waals surface area contributed by atoms with Crippen molar-refractivity contribution >= 4 is 10.9 Å². The molecule has 0 amide bonds. The molecule has 0 spiro atoms. The number of aromatic amines is 1. The first-order chi connectivity index (χ1) is 13.2. The van der Waals surface area contributed by atoms with Gasteiger partial charge in [-0.05, 0) is 43.2 Å². The van der Waals surface area contributed by atoms with Crippen molar-refractivity contribution < 1.29 is 14.6 Å². The van der Waals surface area contributed by atoms with E-state index in [1.807, 2.05) is 36.5 Å². The summed E-state index contributed by atoms with van der Waals surface area (Å²) in [7, 11) is 1.65. The highest BCUT2D eigenvalue weighted by Crippen LogP contribution is 2.29. The summed E-state index contributed by atoms with van der Waals surface area (Å²) < 4.78 is 11.3. The number of aliphatic hydroxyl groups is 1. The van der Waals surface area contributed by atoms with Gasteiger partial charge in [0, 0.05) is 48.5 Å². The topological polar surface area (TPSA) is 70.6 Å². The van der Waals surface area contributed by atoms with Crippen molar-refractivity contribution in [2.75, 3.05) is 26.7 Å². The van der Waals surface area contributed by atoms with E-state index < -0.39 is 6.10 Å². The molecule has 3 heterocycles. The second-order valence-electron chi connectivity index (χ2n) is 6.98. The van der Waals surface area contributed by atoms with Crippen LogP contribution < -0.4 is 9.47 Å². The van der Waals surface area contributed by atoms with Crippen molar-refractivity contribution in [3.63, 3.8) is 0 Å². The molecule has 0 saturated carbocycles. The van der Waals surface area contributed by atoms with E-state index in [9.17, 15) is 5.11 Å². The number of aliphatic hydroxyl groups excluding tert-OH is 1. The lowest BCUT2D eigenvalue weighted by Gasteiger charge is -2.33. The zero-order valence-electron chi connectivity index (χ0n) is 15.5. The Morgan fingerprint density at radius 2 is 2.11 bits per heavy atom. The summed E-state index contributed by atoms with van der Waals surface area (Å²) in [4.78, 5) is 9.62. The Labute approximate surface area is 158 Å². The first kappa shape index (κ1) is 17.8. The molecule has 2 aromatic heterocycles. The summed E-state index contributed by atoms with van der Waals surface area (Å²) in [6.07, 6.45) is 6.96. The summed E-state index contributed by atoms with van der Waals surface area (Å²) in [5.41, 5.74) is 1.92. The van der Waals surface area contributed by atoms with E-state index in [0.29, 0.717) is 6.54 Å². The first-order valence-corrected chi connectivity index (χ1v) is 9.35. The van der Waals surface area contributed by atoms with Crippen molar-refractivity contribution in [3.8, 4) is 11.5 Å². The van der Waals surface area contributed by atoms with Crippen LogP contribution in [0.1, 0.15) is 24.5 Å². The molecular weight excluding hydrogens is 342 g/mol. The number of likely N-dealkylation sites (tertiary alicyclic amines) is 1. The predicted octanol–water partition coefficient (Wildman–Crippen LogP) is 3.15. The third-order valence-electron chi connectivity index (χ3n) is 5.18. The van der Waals surface area contributed by atoms with Gasteiger partial charge in [-0.25, -0.2) is 0 Å². The standard InChI is InChI=1S/C21H25N3O3/c1-26-16-4-5-20-18(11-16)19(13-23-20)21(25)14-24-9-6-15(7-10-24)27-17-3-2-8-22-12-17/h2-5,8,11-13,15,21,23,25H,6-7,9-10,14H2,1H3. The fourth-order valence-electron chi connectivity index (χ4n) is 3.69. The predicted molar refractivity (Wildman–Crippen MR) is 104 cm³/mol. The van der Waals surface area contributed by atoms with Crippen molar-refractivity contribution in [2.45, 2.75) is 25.0 Å². The second-order valence-corrected chi connectivity index (χ2v) is 6.98. The minimum Gasteiger partial charge on any atom is -0.497 e. The number of methoxy groups -OCH3 is 1. The van der Waals surface area contributed by atoms with Crippen molar-refractivity contribution in [3.05, 3.63) is 54.5 Å². The van der Waals surface area contributed by atoms with Gasteiger partial charge in [-0.15, -0.1) is 0 Å². The summed E-state index contributed by atoms with van der Waals surface area (Å²) in [5, 5.41) is 11.8. The molecule has 6 nitrogen and oxygen atoms in total. The zero-order valence-corrected chi connectivity index (χ0v) is 15.5. The highest BCUT2D eigenvalue weighted by molar-refractivity contribution is 5.85. The normalized spacial score (nSPS) is 17.1. The van der Waals surface area contributed by atoms with Gasteiger partial charge in [-0.3, -0.25) is 4.98 Å². The molecule has 1 atom stereocenters. The third kappa shape index (κ3) is 4.07. The Hall–Kier alpha value is -2.57. The van der Waals surface area contributed by atoms with Crippen LogP contribution in [0.25, 0.3) is 10.9 Å². The monoisotopic (exact) mass is 367 g/mol. The highest BCUT2D eigenvalue weighted by atomic mass is 16.5. The number of ether oxygens (including phenoxy) is 2. The van der Waals surface area contributed by atoms with E-state index in [-0.39, 0.29) is 6.10 Å². The van der Waals surface area contributed by atoms with Crippen LogP contribution in [0.4, 0.5) is 0 Å². The quantitative estimate of drug-likeness (QED) is 0.700. The van der Waals surface area contributed by atoms with Crippen molar-refractivity contribution in [1.82, 2.24) is 14.9 Å². The van der Waals surface area contributed by atoms with Gasteiger partial charge in [-0.2, -0.15) is 0 Å². The lowest BCUT2D eigenvalue weighted by atomic mass is 10.0. The smallest absolute Gasteiger partial charge is 0.137 e. The molecule has 1 saturated heterocycles. The van der Waals surface area contributed by atoms with Crippen LogP contribution in [-0.2, 0) is 0 Å². The van der Waals surface area contributed by atoms with Gasteiger partial charge < -0.3 is 24.5 Å². The van der Waals surface area contributed by atoms with Crippen LogP contribution in [-0.4, -0.2) is 52.8 Å². The number of H-pyrrole nitrogens is 1. The number of fused-ring (bicyclic) bond motifs is 1. The molecule has 0 bridgehead atoms. The van der Waals surface area contributed by atoms with Gasteiger partial charge in [0.1, 0.15) is 17.6 Å². The fraction of sp³-hybridized carbons (Fsp3) is 0.381. The molecular formula is C21H25N3O3. The van der Waals surface area contributed by atoms with Crippen LogP contribution in [0.2, 0.25) is 0 Å². The maximum Gasteiger partial charge on any atom is 0.137 e. The molecule has 1 unspecified atom stereocenters. The van der Waals surface area contributed by atoms with Gasteiger partial charge in [0.25, 0.3) is 0 Å². The molecule has 0 radical (unpaired) electrons. The van der Waals surface area contributed by atoms with E-state index in [1.54, 1.807) is 19.5 Å². The number of hydrogen-bond donors (Lipinski definition) is 2.